The molecule has 10 heteroatoms. The Kier molecular flexibility index (Phi) is 5.21. The van der Waals surface area contributed by atoms with Crippen LogP contribution in [0.3, 0.4) is 0 Å². The Morgan fingerprint density at radius 1 is 1.24 bits per heavy atom. The van der Waals surface area contributed by atoms with Crippen molar-refractivity contribution in [1.29, 1.82) is 0 Å². The number of amides is 1. The molecule has 0 N–H and O–H groups in total. The number of nitrogens with zero attached hydrogens (tertiary/aromatic N) is 1. The number of benzene rings is 1. The Hall–Kier alpha value is -2.36. The standard InChI is InChI=1S/C15H14F3NO5S/c1-2-24-13(20)10-3-5-11(6-4-10)19(14(21)15(16,17)18)12-7-8-25(22,23)9-12/h3-8,12H,2,9H2,1H3. The Labute approximate surface area is 141 Å². The molecule has 1 heterocycles. The molecule has 0 bridgehead atoms. The average Bonchev–Trinajstić information content (AvgIpc) is 2.87. The van der Waals surface area contributed by atoms with E-state index in [0.717, 1.165) is 23.6 Å². The van der Waals surface area contributed by atoms with E-state index in [2.05, 4.69) is 0 Å². The number of carbonyl (C=O) groups excluding carboxylic acids is 2. The van der Waals surface area contributed by atoms with Gasteiger partial charge in [-0.1, -0.05) is 0 Å². The second-order valence-corrected chi connectivity index (χ2v) is 7.10. The molecule has 1 atom stereocenters. The Morgan fingerprint density at radius 3 is 2.28 bits per heavy atom. The van der Waals surface area contributed by atoms with Gasteiger partial charge in [-0.25, -0.2) is 13.2 Å². The molecule has 1 aliphatic rings. The van der Waals surface area contributed by atoms with Crippen LogP contribution in [0.15, 0.2) is 35.7 Å². The van der Waals surface area contributed by atoms with Gasteiger partial charge in [0.25, 0.3) is 0 Å². The van der Waals surface area contributed by atoms with E-state index < -0.39 is 39.7 Å². The number of carbonyl (C=O) groups is 2. The van der Waals surface area contributed by atoms with E-state index in [-0.39, 0.29) is 17.9 Å². The lowest BCUT2D eigenvalue weighted by molar-refractivity contribution is -0.170. The molecule has 0 saturated heterocycles. The molecule has 0 saturated carbocycles. The summed E-state index contributed by atoms with van der Waals surface area (Å²) >= 11 is 0. The molecule has 0 aromatic heterocycles. The highest BCUT2D eigenvalue weighted by Gasteiger charge is 2.46. The monoisotopic (exact) mass is 377 g/mol. The molecule has 0 fully saturated rings. The number of hydrogen-bond acceptors (Lipinski definition) is 5. The van der Waals surface area contributed by atoms with Crippen LogP contribution in [0.2, 0.25) is 0 Å². The maximum Gasteiger partial charge on any atom is 0.471 e. The SMILES string of the molecule is CCOC(=O)c1ccc(N(C(=O)C(F)(F)F)C2C=CS(=O)(=O)C2)cc1. The number of hydrogen-bond donors (Lipinski definition) is 0. The van der Waals surface area contributed by atoms with Crippen molar-refractivity contribution in [3.63, 3.8) is 0 Å². The molecule has 0 radical (unpaired) electrons. The second-order valence-electron chi connectivity index (χ2n) is 5.17. The third-order valence-electron chi connectivity index (χ3n) is 3.36. The Morgan fingerprint density at radius 2 is 1.84 bits per heavy atom. The Bertz CT molecular complexity index is 799. The van der Waals surface area contributed by atoms with Gasteiger partial charge in [0.05, 0.1) is 24.0 Å². The predicted octanol–water partition coefficient (Wildman–Crippen LogP) is 2.07. The van der Waals surface area contributed by atoms with Crippen molar-refractivity contribution in [2.75, 3.05) is 17.3 Å². The van der Waals surface area contributed by atoms with E-state index >= 15 is 0 Å². The van der Waals surface area contributed by atoms with Gasteiger partial charge in [0.2, 0.25) is 0 Å². The van der Waals surface area contributed by atoms with Crippen molar-refractivity contribution in [3.05, 3.63) is 41.3 Å². The highest BCUT2D eigenvalue weighted by atomic mass is 32.2. The van der Waals surface area contributed by atoms with E-state index in [1.165, 1.54) is 12.1 Å². The van der Waals surface area contributed by atoms with Crippen LogP contribution in [0.4, 0.5) is 18.9 Å². The van der Waals surface area contributed by atoms with Crippen LogP contribution in [-0.4, -0.2) is 44.9 Å². The van der Waals surface area contributed by atoms with Crippen LogP contribution in [0.1, 0.15) is 17.3 Å². The van der Waals surface area contributed by atoms with Gasteiger partial charge in [-0.3, -0.25) is 9.69 Å². The lowest BCUT2D eigenvalue weighted by Gasteiger charge is -2.28. The molecule has 1 unspecified atom stereocenters. The van der Waals surface area contributed by atoms with Gasteiger partial charge in [-0.05, 0) is 37.3 Å². The van der Waals surface area contributed by atoms with Crippen LogP contribution in [0.5, 0.6) is 0 Å². The third kappa shape index (κ3) is 4.38. The minimum atomic E-state index is -5.18. The smallest absolute Gasteiger partial charge is 0.462 e. The van der Waals surface area contributed by atoms with E-state index in [1.54, 1.807) is 6.92 Å². The van der Waals surface area contributed by atoms with Crippen LogP contribution in [0.25, 0.3) is 0 Å². The van der Waals surface area contributed by atoms with E-state index in [1.807, 2.05) is 0 Å². The van der Waals surface area contributed by atoms with Crippen molar-refractivity contribution < 1.29 is 35.9 Å². The lowest BCUT2D eigenvalue weighted by atomic mass is 10.1. The molecule has 136 valence electrons. The van der Waals surface area contributed by atoms with Crippen molar-refractivity contribution in [2.45, 2.75) is 19.1 Å². The largest absolute Gasteiger partial charge is 0.471 e. The number of anilines is 1. The van der Waals surface area contributed by atoms with Crippen molar-refractivity contribution in [2.24, 2.45) is 0 Å². The third-order valence-corrected chi connectivity index (χ3v) is 4.74. The fourth-order valence-electron chi connectivity index (χ4n) is 2.29. The second kappa shape index (κ2) is 6.87. The number of halogens is 3. The average molecular weight is 377 g/mol. The van der Waals surface area contributed by atoms with Gasteiger partial charge in [-0.2, -0.15) is 13.2 Å². The lowest BCUT2D eigenvalue weighted by Crippen LogP contribution is -2.47. The number of ether oxygens (including phenoxy) is 1. The summed E-state index contributed by atoms with van der Waals surface area (Å²) in [5.41, 5.74) is -0.0817. The molecule has 1 aromatic rings. The zero-order valence-corrected chi connectivity index (χ0v) is 13.8. The van der Waals surface area contributed by atoms with Gasteiger partial charge in [0, 0.05) is 11.1 Å². The quantitative estimate of drug-likeness (QED) is 0.751. The molecule has 2 rings (SSSR count). The van der Waals surface area contributed by atoms with Gasteiger partial charge in [0.1, 0.15) is 0 Å². The summed E-state index contributed by atoms with van der Waals surface area (Å²) in [6, 6.07) is 3.39. The van der Waals surface area contributed by atoms with Crippen LogP contribution in [-0.2, 0) is 19.4 Å². The van der Waals surface area contributed by atoms with E-state index in [9.17, 15) is 31.2 Å². The minimum Gasteiger partial charge on any atom is -0.462 e. The molecule has 0 spiro atoms. The summed E-state index contributed by atoms with van der Waals surface area (Å²) < 4.78 is 66.5. The molecule has 25 heavy (non-hydrogen) atoms. The number of esters is 1. The summed E-state index contributed by atoms with van der Waals surface area (Å²) in [6.07, 6.45) is -4.15. The Balaban J connectivity index is 2.38. The fraction of sp³-hybridized carbons (Fsp3) is 0.333. The molecule has 1 aromatic carbocycles. The van der Waals surface area contributed by atoms with Gasteiger partial charge in [0.15, 0.2) is 9.84 Å². The normalized spacial score (nSPS) is 18.8. The van der Waals surface area contributed by atoms with Gasteiger partial charge >= 0.3 is 18.1 Å². The zero-order valence-electron chi connectivity index (χ0n) is 13.0. The molecule has 1 aliphatic heterocycles. The summed E-state index contributed by atoms with van der Waals surface area (Å²) in [7, 11) is -3.67. The molecule has 6 nitrogen and oxygen atoms in total. The maximum absolute atomic E-state index is 12.9. The van der Waals surface area contributed by atoms with Crippen LogP contribution in [0, 0.1) is 0 Å². The topological polar surface area (TPSA) is 80.8 Å². The summed E-state index contributed by atoms with van der Waals surface area (Å²) in [5.74, 6) is -3.50. The van der Waals surface area contributed by atoms with Crippen molar-refractivity contribution in [3.8, 4) is 0 Å². The first-order chi connectivity index (χ1) is 11.5. The zero-order chi connectivity index (χ0) is 18.8. The highest BCUT2D eigenvalue weighted by Crippen LogP contribution is 2.29. The summed E-state index contributed by atoms with van der Waals surface area (Å²) in [6.45, 7) is 1.73. The van der Waals surface area contributed by atoms with Crippen molar-refractivity contribution in [1.82, 2.24) is 0 Å². The first-order valence-electron chi connectivity index (χ1n) is 7.13. The predicted molar refractivity (Wildman–Crippen MR) is 82.7 cm³/mol. The molecular formula is C15H14F3NO5S. The minimum absolute atomic E-state index is 0.0968. The van der Waals surface area contributed by atoms with Crippen LogP contribution < -0.4 is 4.90 Å². The first kappa shape index (κ1) is 19.0. The molecule has 1 amide bonds. The number of rotatable bonds is 4. The summed E-state index contributed by atoms with van der Waals surface area (Å²) in [4.78, 5) is 23.7. The van der Waals surface area contributed by atoms with E-state index in [4.69, 9.17) is 4.74 Å². The van der Waals surface area contributed by atoms with Gasteiger partial charge < -0.3 is 4.74 Å². The van der Waals surface area contributed by atoms with Crippen LogP contribution >= 0.6 is 0 Å². The van der Waals surface area contributed by atoms with E-state index in [0.29, 0.717) is 4.90 Å². The molecular weight excluding hydrogens is 363 g/mol. The number of sulfone groups is 1. The highest BCUT2D eigenvalue weighted by molar-refractivity contribution is 7.94. The first-order valence-corrected chi connectivity index (χ1v) is 8.85. The molecule has 0 aliphatic carbocycles. The maximum atomic E-state index is 12.9. The number of alkyl halides is 3. The fourth-order valence-corrected chi connectivity index (χ4v) is 3.56. The summed E-state index contributed by atoms with van der Waals surface area (Å²) in [5, 5.41) is 0.779. The van der Waals surface area contributed by atoms with Crippen molar-refractivity contribution >= 4 is 27.4 Å². The van der Waals surface area contributed by atoms with Gasteiger partial charge in [-0.15, -0.1) is 0 Å².